The number of halogens is 3. The highest BCUT2D eigenvalue weighted by atomic mass is 79.9. The molecule has 0 fully saturated rings. The van der Waals surface area contributed by atoms with Crippen molar-refractivity contribution in [3.8, 4) is 5.75 Å². The normalized spacial score (nSPS) is 11.8. The first kappa shape index (κ1) is 15.8. The zero-order valence-corrected chi connectivity index (χ0v) is 13.4. The molecule has 0 radical (unpaired) electrons. The van der Waals surface area contributed by atoms with Gasteiger partial charge in [-0.1, -0.05) is 11.6 Å². The Kier molecular flexibility index (Phi) is 5.20. The molecule has 2 aromatic rings. The lowest BCUT2D eigenvalue weighted by Gasteiger charge is -2.15. The summed E-state index contributed by atoms with van der Waals surface area (Å²) in [5, 5.41) is 3.20. The molecule has 0 spiro atoms. The van der Waals surface area contributed by atoms with E-state index < -0.39 is 6.10 Å². The minimum absolute atomic E-state index is 0.322. The van der Waals surface area contributed by atoms with Gasteiger partial charge in [-0.3, -0.25) is 4.79 Å². The van der Waals surface area contributed by atoms with Crippen LogP contribution in [-0.4, -0.2) is 12.0 Å². The van der Waals surface area contributed by atoms with Crippen molar-refractivity contribution in [1.82, 2.24) is 0 Å². The second kappa shape index (κ2) is 6.91. The second-order valence-corrected chi connectivity index (χ2v) is 5.59. The van der Waals surface area contributed by atoms with Crippen LogP contribution in [-0.2, 0) is 4.79 Å². The second-order valence-electron chi connectivity index (χ2n) is 4.33. The highest BCUT2D eigenvalue weighted by molar-refractivity contribution is 9.10. The summed E-state index contributed by atoms with van der Waals surface area (Å²) in [5.41, 5.74) is 0.572. The fourth-order valence-corrected chi connectivity index (χ4v) is 2.02. The molecule has 1 N–H and O–H groups in total. The van der Waals surface area contributed by atoms with Gasteiger partial charge in [-0.15, -0.1) is 0 Å². The van der Waals surface area contributed by atoms with E-state index >= 15 is 0 Å². The van der Waals surface area contributed by atoms with E-state index in [4.69, 9.17) is 16.3 Å². The quantitative estimate of drug-likeness (QED) is 0.848. The van der Waals surface area contributed by atoms with E-state index in [9.17, 15) is 9.18 Å². The van der Waals surface area contributed by atoms with Crippen LogP contribution >= 0.6 is 27.5 Å². The number of anilines is 1. The molecule has 21 heavy (non-hydrogen) atoms. The molecular weight excluding hydrogens is 361 g/mol. The molecule has 0 aliphatic heterocycles. The summed E-state index contributed by atoms with van der Waals surface area (Å²) in [4.78, 5) is 12.0. The molecule has 3 nitrogen and oxygen atoms in total. The molecule has 110 valence electrons. The highest BCUT2D eigenvalue weighted by Gasteiger charge is 2.15. The minimum Gasteiger partial charge on any atom is -0.481 e. The predicted molar refractivity (Wildman–Crippen MR) is 84.3 cm³/mol. The van der Waals surface area contributed by atoms with E-state index in [-0.39, 0.29) is 11.7 Å². The Bertz CT molecular complexity index is 649. The van der Waals surface area contributed by atoms with Crippen LogP contribution in [0.3, 0.4) is 0 Å². The Morgan fingerprint density at radius 2 is 1.95 bits per heavy atom. The van der Waals surface area contributed by atoms with Crippen molar-refractivity contribution < 1.29 is 13.9 Å². The maximum absolute atomic E-state index is 12.8. The average Bonchev–Trinajstić information content (AvgIpc) is 2.45. The minimum atomic E-state index is -0.724. The van der Waals surface area contributed by atoms with E-state index in [1.807, 2.05) is 0 Å². The van der Waals surface area contributed by atoms with Crippen molar-refractivity contribution in [1.29, 1.82) is 0 Å². The van der Waals surface area contributed by atoms with E-state index in [1.54, 1.807) is 25.1 Å². The molecule has 1 amide bonds. The molecule has 0 bridgehead atoms. The van der Waals surface area contributed by atoms with Crippen molar-refractivity contribution in [2.24, 2.45) is 0 Å². The van der Waals surface area contributed by atoms with Gasteiger partial charge in [0, 0.05) is 10.2 Å². The monoisotopic (exact) mass is 371 g/mol. The molecular formula is C15H12BrClFNO2. The Labute approximate surface area is 135 Å². The molecule has 2 rings (SSSR count). The first-order chi connectivity index (χ1) is 9.95. The summed E-state index contributed by atoms with van der Waals surface area (Å²) < 4.78 is 19.0. The lowest BCUT2D eigenvalue weighted by Crippen LogP contribution is -2.30. The summed E-state index contributed by atoms with van der Waals surface area (Å²) >= 11 is 9.23. The lowest BCUT2D eigenvalue weighted by molar-refractivity contribution is -0.122. The van der Waals surface area contributed by atoms with Gasteiger partial charge < -0.3 is 10.1 Å². The van der Waals surface area contributed by atoms with Crippen LogP contribution in [0.25, 0.3) is 0 Å². The number of benzene rings is 2. The van der Waals surface area contributed by atoms with Gasteiger partial charge in [0.1, 0.15) is 11.6 Å². The third-order valence-electron chi connectivity index (χ3n) is 2.68. The lowest BCUT2D eigenvalue weighted by atomic mass is 10.3. The van der Waals surface area contributed by atoms with Crippen molar-refractivity contribution in [3.63, 3.8) is 0 Å². The predicted octanol–water partition coefficient (Wildman–Crippen LogP) is 4.65. The van der Waals surface area contributed by atoms with Gasteiger partial charge in [0.2, 0.25) is 0 Å². The average molecular weight is 373 g/mol. The molecule has 0 saturated carbocycles. The van der Waals surface area contributed by atoms with E-state index in [2.05, 4.69) is 21.2 Å². The van der Waals surface area contributed by atoms with Crippen LogP contribution in [0, 0.1) is 5.82 Å². The number of rotatable bonds is 4. The van der Waals surface area contributed by atoms with Crippen molar-refractivity contribution in [3.05, 3.63) is 57.8 Å². The van der Waals surface area contributed by atoms with E-state index in [1.165, 1.54) is 24.3 Å². The highest BCUT2D eigenvalue weighted by Crippen LogP contribution is 2.25. The van der Waals surface area contributed by atoms with Crippen LogP contribution in [0.4, 0.5) is 10.1 Å². The third-order valence-corrected chi connectivity index (χ3v) is 3.92. The summed E-state index contributed by atoms with van der Waals surface area (Å²) in [5.74, 6) is -0.255. The van der Waals surface area contributed by atoms with Gasteiger partial charge in [-0.2, -0.15) is 0 Å². The standard InChI is InChI=1S/C15H12BrClFNO2/c1-9(21-12-5-2-10(18)3-6-12)15(20)19-11-4-7-13(16)14(17)8-11/h2-9H,1H3,(H,19,20). The zero-order valence-electron chi connectivity index (χ0n) is 11.1. The number of nitrogens with one attached hydrogen (secondary N) is 1. The molecule has 0 heterocycles. The first-order valence-electron chi connectivity index (χ1n) is 6.14. The number of carbonyl (C=O) groups is 1. The van der Waals surface area contributed by atoms with Gasteiger partial charge in [-0.05, 0) is 65.3 Å². The largest absolute Gasteiger partial charge is 0.481 e. The van der Waals surface area contributed by atoms with Gasteiger partial charge in [0.25, 0.3) is 5.91 Å². The molecule has 0 aromatic heterocycles. The van der Waals surface area contributed by atoms with Crippen LogP contribution < -0.4 is 10.1 Å². The SMILES string of the molecule is CC(Oc1ccc(F)cc1)C(=O)Nc1ccc(Br)c(Cl)c1. The summed E-state index contributed by atoms with van der Waals surface area (Å²) in [6.45, 7) is 1.61. The fraction of sp³-hybridized carbons (Fsp3) is 0.133. The van der Waals surface area contributed by atoms with E-state index in [0.29, 0.717) is 16.5 Å². The summed E-state index contributed by atoms with van der Waals surface area (Å²) in [7, 11) is 0. The Morgan fingerprint density at radius 3 is 2.57 bits per heavy atom. The number of carbonyl (C=O) groups excluding carboxylic acids is 1. The fourth-order valence-electron chi connectivity index (χ4n) is 1.59. The number of hydrogen-bond donors (Lipinski definition) is 1. The van der Waals surface area contributed by atoms with Gasteiger partial charge in [0.15, 0.2) is 6.10 Å². The smallest absolute Gasteiger partial charge is 0.265 e. The Morgan fingerprint density at radius 1 is 1.29 bits per heavy atom. The van der Waals surface area contributed by atoms with Crippen LogP contribution in [0.5, 0.6) is 5.75 Å². The number of amides is 1. The van der Waals surface area contributed by atoms with Crippen molar-refractivity contribution >= 4 is 39.1 Å². The Balaban J connectivity index is 1.98. The molecule has 1 unspecified atom stereocenters. The molecule has 0 aliphatic carbocycles. The maximum atomic E-state index is 12.8. The van der Waals surface area contributed by atoms with Gasteiger partial charge in [0.05, 0.1) is 5.02 Å². The Hall–Kier alpha value is -1.59. The molecule has 2 aromatic carbocycles. The van der Waals surface area contributed by atoms with Crippen LogP contribution in [0.1, 0.15) is 6.92 Å². The molecule has 1 atom stereocenters. The van der Waals surface area contributed by atoms with Crippen LogP contribution in [0.15, 0.2) is 46.9 Å². The van der Waals surface area contributed by atoms with Gasteiger partial charge >= 0.3 is 0 Å². The van der Waals surface area contributed by atoms with E-state index in [0.717, 1.165) is 4.47 Å². The topological polar surface area (TPSA) is 38.3 Å². The van der Waals surface area contributed by atoms with Crippen molar-refractivity contribution in [2.45, 2.75) is 13.0 Å². The third kappa shape index (κ3) is 4.44. The molecule has 0 saturated heterocycles. The molecule has 6 heteroatoms. The molecule has 0 aliphatic rings. The van der Waals surface area contributed by atoms with Crippen molar-refractivity contribution in [2.75, 3.05) is 5.32 Å². The summed E-state index contributed by atoms with van der Waals surface area (Å²) in [6, 6.07) is 10.6. The van der Waals surface area contributed by atoms with Gasteiger partial charge in [-0.25, -0.2) is 4.39 Å². The van der Waals surface area contributed by atoms with Crippen LogP contribution in [0.2, 0.25) is 5.02 Å². The number of hydrogen-bond acceptors (Lipinski definition) is 2. The number of ether oxygens (including phenoxy) is 1. The maximum Gasteiger partial charge on any atom is 0.265 e. The zero-order chi connectivity index (χ0) is 15.4. The first-order valence-corrected chi connectivity index (χ1v) is 7.31. The summed E-state index contributed by atoms with van der Waals surface area (Å²) in [6.07, 6.45) is -0.724.